The fraction of sp³-hybridized carbons (Fsp3) is 0.333. The van der Waals surface area contributed by atoms with Crippen LogP contribution in [0.2, 0.25) is 5.02 Å². The van der Waals surface area contributed by atoms with E-state index in [0.717, 1.165) is 4.90 Å². The molecule has 1 saturated heterocycles. The van der Waals surface area contributed by atoms with E-state index in [2.05, 4.69) is 0 Å². The first-order chi connectivity index (χ1) is 12.3. The molecule has 1 fully saturated rings. The van der Waals surface area contributed by atoms with Crippen molar-refractivity contribution in [3.8, 4) is 0 Å². The van der Waals surface area contributed by atoms with Crippen molar-refractivity contribution < 1.29 is 17.9 Å². The van der Waals surface area contributed by atoms with Gasteiger partial charge in [0.05, 0.1) is 10.5 Å². The fourth-order valence-corrected chi connectivity index (χ4v) is 5.41. The molecular formula is C18H19ClFNO3S2. The number of nitrogens with zero attached hydrogens (tertiary/aromatic N) is 1. The quantitative estimate of drug-likeness (QED) is 0.755. The van der Waals surface area contributed by atoms with E-state index in [1.54, 1.807) is 24.3 Å². The molecule has 2 aromatic rings. The van der Waals surface area contributed by atoms with Crippen LogP contribution in [0.5, 0.6) is 0 Å². The molecule has 0 unspecified atom stereocenters. The molecule has 4 nitrogen and oxygen atoms in total. The van der Waals surface area contributed by atoms with Crippen LogP contribution in [0.15, 0.2) is 58.3 Å². The Morgan fingerprint density at radius 1 is 1.08 bits per heavy atom. The third-order valence-electron chi connectivity index (χ3n) is 4.43. The van der Waals surface area contributed by atoms with Gasteiger partial charge in [0.2, 0.25) is 10.0 Å². The molecule has 1 heterocycles. The minimum absolute atomic E-state index is 0.202. The van der Waals surface area contributed by atoms with Gasteiger partial charge < -0.3 is 5.11 Å². The predicted molar refractivity (Wildman–Crippen MR) is 102 cm³/mol. The summed E-state index contributed by atoms with van der Waals surface area (Å²) in [6.07, 6.45) is 0.710. The van der Waals surface area contributed by atoms with Crippen LogP contribution in [-0.4, -0.2) is 42.3 Å². The van der Waals surface area contributed by atoms with Crippen molar-refractivity contribution in [2.45, 2.75) is 28.2 Å². The summed E-state index contributed by atoms with van der Waals surface area (Å²) in [7, 11) is -3.59. The van der Waals surface area contributed by atoms with Crippen LogP contribution in [-0.2, 0) is 10.0 Å². The van der Waals surface area contributed by atoms with Gasteiger partial charge in [-0.05, 0) is 61.4 Å². The van der Waals surface area contributed by atoms with E-state index in [-0.39, 0.29) is 23.8 Å². The molecule has 8 heteroatoms. The molecule has 0 bridgehead atoms. The molecule has 0 atom stereocenters. The Hall–Kier alpha value is -1.12. The monoisotopic (exact) mass is 415 g/mol. The summed E-state index contributed by atoms with van der Waals surface area (Å²) < 4.78 is 39.7. The van der Waals surface area contributed by atoms with Crippen molar-refractivity contribution in [2.24, 2.45) is 0 Å². The Labute approximate surface area is 162 Å². The number of thioether (sulfide) groups is 1. The van der Waals surface area contributed by atoms with E-state index in [1.165, 1.54) is 40.3 Å². The lowest BCUT2D eigenvalue weighted by Crippen LogP contribution is -2.47. The Bertz CT molecular complexity index is 849. The van der Waals surface area contributed by atoms with Crippen LogP contribution in [0.4, 0.5) is 4.39 Å². The van der Waals surface area contributed by atoms with Gasteiger partial charge >= 0.3 is 0 Å². The van der Waals surface area contributed by atoms with Crippen LogP contribution in [0.25, 0.3) is 0 Å². The van der Waals surface area contributed by atoms with E-state index in [0.29, 0.717) is 23.6 Å². The minimum atomic E-state index is -3.59. The predicted octanol–water partition coefficient (Wildman–Crippen LogP) is 3.79. The average molecular weight is 416 g/mol. The van der Waals surface area contributed by atoms with Gasteiger partial charge in [0.1, 0.15) is 5.82 Å². The van der Waals surface area contributed by atoms with Crippen LogP contribution >= 0.6 is 23.4 Å². The van der Waals surface area contributed by atoms with Crippen molar-refractivity contribution in [1.82, 2.24) is 4.31 Å². The zero-order chi connectivity index (χ0) is 18.8. The maximum atomic E-state index is 12.9. The van der Waals surface area contributed by atoms with E-state index >= 15 is 0 Å². The number of benzene rings is 2. The molecule has 0 amide bonds. The molecule has 1 aliphatic heterocycles. The summed E-state index contributed by atoms with van der Waals surface area (Å²) in [6, 6.07) is 12.2. The van der Waals surface area contributed by atoms with Crippen LogP contribution in [0.3, 0.4) is 0 Å². The maximum absolute atomic E-state index is 12.9. The first kappa shape index (κ1) is 19.6. The zero-order valence-electron chi connectivity index (χ0n) is 13.9. The molecule has 26 heavy (non-hydrogen) atoms. The van der Waals surface area contributed by atoms with Gasteiger partial charge in [-0.3, -0.25) is 0 Å². The minimum Gasteiger partial charge on any atom is -0.389 e. The molecule has 1 aliphatic rings. The van der Waals surface area contributed by atoms with Crippen molar-refractivity contribution in [1.29, 1.82) is 0 Å². The summed E-state index contributed by atoms with van der Waals surface area (Å²) in [5.74, 6) is 0.141. The van der Waals surface area contributed by atoms with Crippen LogP contribution in [0, 0.1) is 5.82 Å². The normalized spacial score (nSPS) is 18.0. The first-order valence-corrected chi connectivity index (χ1v) is 11.0. The lowest BCUT2D eigenvalue weighted by molar-refractivity contribution is 0.0171. The highest BCUT2D eigenvalue weighted by molar-refractivity contribution is 7.99. The number of rotatable bonds is 5. The second kappa shape index (κ2) is 7.86. The molecule has 0 spiro atoms. The third-order valence-corrected chi connectivity index (χ3v) is 7.88. The first-order valence-electron chi connectivity index (χ1n) is 8.15. The number of halogens is 2. The lowest BCUT2D eigenvalue weighted by Gasteiger charge is -2.37. The Balaban J connectivity index is 1.60. The Morgan fingerprint density at radius 3 is 2.23 bits per heavy atom. The molecule has 140 valence electrons. The molecule has 0 radical (unpaired) electrons. The largest absolute Gasteiger partial charge is 0.389 e. The van der Waals surface area contributed by atoms with Crippen molar-refractivity contribution in [2.75, 3.05) is 18.8 Å². The van der Waals surface area contributed by atoms with Gasteiger partial charge in [-0.2, -0.15) is 4.31 Å². The molecule has 0 aromatic heterocycles. The molecule has 2 aromatic carbocycles. The molecule has 0 aliphatic carbocycles. The number of aliphatic hydroxyl groups is 1. The SMILES string of the molecule is O=S(=O)(c1ccc(Cl)cc1)N1CCC(O)(CSc2ccc(F)cc2)CC1. The Kier molecular flexibility index (Phi) is 5.94. The summed E-state index contributed by atoms with van der Waals surface area (Å²) in [5.41, 5.74) is -0.939. The molecule has 0 saturated carbocycles. The smallest absolute Gasteiger partial charge is 0.243 e. The molecule has 3 rings (SSSR count). The highest BCUT2D eigenvalue weighted by Crippen LogP contribution is 2.32. The molecular weight excluding hydrogens is 397 g/mol. The Morgan fingerprint density at radius 2 is 1.65 bits per heavy atom. The summed E-state index contributed by atoms with van der Waals surface area (Å²) in [4.78, 5) is 1.07. The standard InChI is InChI=1S/C18H19ClFNO3S2/c19-14-1-7-17(8-2-14)26(23,24)21-11-9-18(22,10-12-21)13-25-16-5-3-15(20)4-6-16/h1-8,22H,9-13H2. The van der Waals surface area contributed by atoms with Crippen molar-refractivity contribution >= 4 is 33.4 Å². The summed E-state index contributed by atoms with van der Waals surface area (Å²) in [5, 5.41) is 11.2. The van der Waals surface area contributed by atoms with Gasteiger partial charge in [0, 0.05) is 28.8 Å². The maximum Gasteiger partial charge on any atom is 0.243 e. The number of hydrogen-bond acceptors (Lipinski definition) is 4. The van der Waals surface area contributed by atoms with E-state index in [4.69, 9.17) is 11.6 Å². The second-order valence-electron chi connectivity index (χ2n) is 6.32. The third kappa shape index (κ3) is 4.58. The van der Waals surface area contributed by atoms with Gasteiger partial charge in [-0.15, -0.1) is 11.8 Å². The molecule has 1 N–H and O–H groups in total. The van der Waals surface area contributed by atoms with E-state index < -0.39 is 15.6 Å². The average Bonchev–Trinajstić information content (AvgIpc) is 2.62. The highest BCUT2D eigenvalue weighted by atomic mass is 35.5. The second-order valence-corrected chi connectivity index (χ2v) is 9.75. The number of sulfonamides is 1. The number of piperidine rings is 1. The van der Waals surface area contributed by atoms with Crippen LogP contribution in [0.1, 0.15) is 12.8 Å². The summed E-state index contributed by atoms with van der Waals surface area (Å²) >= 11 is 7.26. The van der Waals surface area contributed by atoms with Crippen molar-refractivity contribution in [3.63, 3.8) is 0 Å². The van der Waals surface area contributed by atoms with E-state index in [9.17, 15) is 17.9 Å². The van der Waals surface area contributed by atoms with Gasteiger partial charge in [-0.1, -0.05) is 11.6 Å². The van der Waals surface area contributed by atoms with Crippen LogP contribution < -0.4 is 0 Å². The zero-order valence-corrected chi connectivity index (χ0v) is 16.3. The topological polar surface area (TPSA) is 57.6 Å². The number of hydrogen-bond donors (Lipinski definition) is 1. The van der Waals surface area contributed by atoms with E-state index in [1.807, 2.05) is 0 Å². The highest BCUT2D eigenvalue weighted by Gasteiger charge is 2.37. The fourth-order valence-electron chi connectivity index (χ4n) is 2.79. The van der Waals surface area contributed by atoms with Gasteiger partial charge in [-0.25, -0.2) is 12.8 Å². The summed E-state index contributed by atoms with van der Waals surface area (Å²) in [6.45, 7) is 0.511. The lowest BCUT2D eigenvalue weighted by atomic mass is 9.95. The van der Waals surface area contributed by atoms with Gasteiger partial charge in [0.15, 0.2) is 0 Å². The van der Waals surface area contributed by atoms with Gasteiger partial charge in [0.25, 0.3) is 0 Å². The van der Waals surface area contributed by atoms with Crippen molar-refractivity contribution in [3.05, 3.63) is 59.4 Å².